The van der Waals surface area contributed by atoms with E-state index < -0.39 is 5.60 Å². The van der Waals surface area contributed by atoms with Gasteiger partial charge in [-0.25, -0.2) is 4.39 Å². The molecular formula is C18H19FO. The Bertz CT molecular complexity index is 639. The van der Waals surface area contributed by atoms with E-state index in [-0.39, 0.29) is 5.82 Å². The molecule has 0 aromatic heterocycles. The van der Waals surface area contributed by atoms with Gasteiger partial charge in [0.15, 0.2) is 0 Å². The average molecular weight is 270 g/mol. The molecule has 1 nitrogen and oxygen atoms in total. The van der Waals surface area contributed by atoms with Crippen LogP contribution in [-0.4, -0.2) is 5.11 Å². The Morgan fingerprint density at radius 2 is 1.80 bits per heavy atom. The van der Waals surface area contributed by atoms with Crippen LogP contribution in [0, 0.1) is 19.7 Å². The molecule has 0 heterocycles. The van der Waals surface area contributed by atoms with E-state index in [1.165, 1.54) is 11.6 Å². The second-order valence-electron chi connectivity index (χ2n) is 5.92. The molecule has 0 fully saturated rings. The zero-order chi connectivity index (χ0) is 14.3. The van der Waals surface area contributed by atoms with Gasteiger partial charge in [-0.05, 0) is 55.0 Å². The normalized spacial score (nSPS) is 21.6. The summed E-state index contributed by atoms with van der Waals surface area (Å²) in [6.45, 7) is 3.75. The maximum atomic E-state index is 14.4. The van der Waals surface area contributed by atoms with Crippen molar-refractivity contribution in [2.24, 2.45) is 0 Å². The third-order valence-electron chi connectivity index (χ3n) is 4.31. The first-order valence-electron chi connectivity index (χ1n) is 7.06. The number of rotatable bonds is 1. The molecule has 0 saturated carbocycles. The maximum Gasteiger partial charge on any atom is 0.129 e. The molecule has 1 aliphatic rings. The highest BCUT2D eigenvalue weighted by Crippen LogP contribution is 2.39. The third-order valence-corrected chi connectivity index (χ3v) is 4.31. The number of aryl methyl sites for hydroxylation is 3. The standard InChI is InChI=1S/C18H19FO/c1-12-9-13(2)17(16(19)10-12)18(20)8-7-14-5-3-4-6-15(14)11-18/h3-6,9-10,20H,7-8,11H2,1-2H3. The lowest BCUT2D eigenvalue weighted by molar-refractivity contribution is 0.0182. The lowest BCUT2D eigenvalue weighted by Gasteiger charge is -2.35. The molecular weight excluding hydrogens is 251 g/mol. The zero-order valence-electron chi connectivity index (χ0n) is 11.9. The van der Waals surface area contributed by atoms with Gasteiger partial charge in [0.1, 0.15) is 5.82 Å². The molecule has 0 saturated heterocycles. The summed E-state index contributed by atoms with van der Waals surface area (Å²) in [6.07, 6.45) is 1.86. The number of hydrogen-bond donors (Lipinski definition) is 1. The predicted molar refractivity (Wildman–Crippen MR) is 78.2 cm³/mol. The second kappa shape index (κ2) is 4.71. The van der Waals surface area contributed by atoms with Crippen molar-refractivity contribution < 1.29 is 9.50 Å². The predicted octanol–water partition coefficient (Wildman–Crippen LogP) is 3.82. The van der Waals surface area contributed by atoms with Gasteiger partial charge in [-0.15, -0.1) is 0 Å². The van der Waals surface area contributed by atoms with Gasteiger partial charge >= 0.3 is 0 Å². The molecule has 2 heteroatoms. The molecule has 2 aromatic carbocycles. The van der Waals surface area contributed by atoms with Crippen LogP contribution in [0.1, 0.15) is 34.2 Å². The van der Waals surface area contributed by atoms with Crippen molar-refractivity contribution in [3.05, 3.63) is 70.0 Å². The van der Waals surface area contributed by atoms with Crippen LogP contribution in [0.15, 0.2) is 36.4 Å². The van der Waals surface area contributed by atoms with Crippen molar-refractivity contribution in [2.45, 2.75) is 38.7 Å². The maximum absolute atomic E-state index is 14.4. The molecule has 0 aliphatic heterocycles. The van der Waals surface area contributed by atoms with Crippen molar-refractivity contribution in [3.8, 4) is 0 Å². The van der Waals surface area contributed by atoms with Crippen LogP contribution in [0.3, 0.4) is 0 Å². The van der Waals surface area contributed by atoms with Crippen molar-refractivity contribution in [1.82, 2.24) is 0 Å². The van der Waals surface area contributed by atoms with Gasteiger partial charge in [-0.3, -0.25) is 0 Å². The van der Waals surface area contributed by atoms with E-state index in [0.717, 1.165) is 23.1 Å². The molecule has 0 spiro atoms. The first-order valence-corrected chi connectivity index (χ1v) is 7.06. The van der Waals surface area contributed by atoms with E-state index in [1.54, 1.807) is 0 Å². The van der Waals surface area contributed by atoms with Crippen LogP contribution in [-0.2, 0) is 18.4 Å². The fraction of sp³-hybridized carbons (Fsp3) is 0.333. The smallest absolute Gasteiger partial charge is 0.129 e. The minimum atomic E-state index is -1.09. The Kier molecular flexibility index (Phi) is 3.14. The summed E-state index contributed by atoms with van der Waals surface area (Å²) < 4.78 is 14.4. The van der Waals surface area contributed by atoms with E-state index in [0.29, 0.717) is 18.4 Å². The summed E-state index contributed by atoms with van der Waals surface area (Å²) in [5, 5.41) is 11.0. The van der Waals surface area contributed by atoms with Gasteiger partial charge in [0.25, 0.3) is 0 Å². The molecule has 104 valence electrons. The van der Waals surface area contributed by atoms with Crippen LogP contribution in [0.2, 0.25) is 0 Å². The van der Waals surface area contributed by atoms with Crippen molar-refractivity contribution in [3.63, 3.8) is 0 Å². The largest absolute Gasteiger partial charge is 0.385 e. The minimum Gasteiger partial charge on any atom is -0.385 e. The van der Waals surface area contributed by atoms with Crippen LogP contribution >= 0.6 is 0 Å². The Balaban J connectivity index is 2.07. The SMILES string of the molecule is Cc1cc(C)c(C2(O)CCc3ccccc3C2)c(F)c1. The molecule has 2 aromatic rings. The summed E-state index contributed by atoms with van der Waals surface area (Å²) in [7, 11) is 0. The Hall–Kier alpha value is -1.67. The lowest BCUT2D eigenvalue weighted by Crippen LogP contribution is -2.35. The first kappa shape index (κ1) is 13.3. The number of benzene rings is 2. The lowest BCUT2D eigenvalue weighted by atomic mass is 9.75. The number of fused-ring (bicyclic) bond motifs is 1. The summed E-state index contributed by atoms with van der Waals surface area (Å²) in [4.78, 5) is 0. The highest BCUT2D eigenvalue weighted by molar-refractivity contribution is 5.41. The van der Waals surface area contributed by atoms with E-state index in [1.807, 2.05) is 38.1 Å². The number of halogens is 1. The van der Waals surface area contributed by atoms with Gasteiger partial charge in [0, 0.05) is 12.0 Å². The molecule has 3 rings (SSSR count). The van der Waals surface area contributed by atoms with Crippen molar-refractivity contribution in [1.29, 1.82) is 0 Å². The fourth-order valence-electron chi connectivity index (χ4n) is 3.44. The molecule has 1 aliphatic carbocycles. The molecule has 1 unspecified atom stereocenters. The molecule has 0 amide bonds. The number of hydrogen-bond acceptors (Lipinski definition) is 1. The Morgan fingerprint density at radius 3 is 2.50 bits per heavy atom. The summed E-state index contributed by atoms with van der Waals surface area (Å²) in [5.74, 6) is -0.288. The van der Waals surface area contributed by atoms with Crippen molar-refractivity contribution in [2.75, 3.05) is 0 Å². The highest BCUT2D eigenvalue weighted by Gasteiger charge is 2.37. The van der Waals surface area contributed by atoms with Gasteiger partial charge < -0.3 is 5.11 Å². The van der Waals surface area contributed by atoms with Gasteiger partial charge in [0.05, 0.1) is 5.60 Å². The molecule has 0 bridgehead atoms. The quantitative estimate of drug-likeness (QED) is 0.835. The average Bonchev–Trinajstić information content (AvgIpc) is 2.37. The van der Waals surface area contributed by atoms with Crippen LogP contribution in [0.4, 0.5) is 4.39 Å². The monoisotopic (exact) mass is 270 g/mol. The Labute approximate surface area is 119 Å². The molecule has 1 N–H and O–H groups in total. The fourth-order valence-corrected chi connectivity index (χ4v) is 3.44. The highest BCUT2D eigenvalue weighted by atomic mass is 19.1. The van der Waals surface area contributed by atoms with Gasteiger partial charge in [-0.1, -0.05) is 30.3 Å². The molecule has 0 radical (unpaired) electrons. The molecule has 20 heavy (non-hydrogen) atoms. The minimum absolute atomic E-state index is 0.288. The summed E-state index contributed by atoms with van der Waals surface area (Å²) >= 11 is 0. The third kappa shape index (κ3) is 2.14. The van der Waals surface area contributed by atoms with E-state index in [9.17, 15) is 9.50 Å². The first-order chi connectivity index (χ1) is 9.49. The summed E-state index contributed by atoms with van der Waals surface area (Å²) in [6, 6.07) is 11.6. The van der Waals surface area contributed by atoms with Crippen LogP contribution in [0.5, 0.6) is 0 Å². The Morgan fingerprint density at radius 1 is 1.10 bits per heavy atom. The number of aliphatic hydroxyl groups is 1. The van der Waals surface area contributed by atoms with E-state index in [4.69, 9.17) is 0 Å². The topological polar surface area (TPSA) is 20.2 Å². The van der Waals surface area contributed by atoms with Gasteiger partial charge in [-0.2, -0.15) is 0 Å². The van der Waals surface area contributed by atoms with Crippen molar-refractivity contribution >= 4 is 0 Å². The van der Waals surface area contributed by atoms with Crippen LogP contribution in [0.25, 0.3) is 0 Å². The zero-order valence-corrected chi connectivity index (χ0v) is 11.9. The van der Waals surface area contributed by atoms with Crippen LogP contribution < -0.4 is 0 Å². The van der Waals surface area contributed by atoms with Gasteiger partial charge in [0.2, 0.25) is 0 Å². The second-order valence-corrected chi connectivity index (χ2v) is 5.92. The van der Waals surface area contributed by atoms with E-state index in [2.05, 4.69) is 6.07 Å². The summed E-state index contributed by atoms with van der Waals surface area (Å²) in [5.41, 5.74) is 3.50. The molecule has 1 atom stereocenters. The van der Waals surface area contributed by atoms with E-state index >= 15 is 0 Å².